The van der Waals surface area contributed by atoms with E-state index >= 15 is 0 Å². The first-order valence-corrected chi connectivity index (χ1v) is 4.99. The lowest BCUT2D eigenvalue weighted by Gasteiger charge is -2.15. The van der Waals surface area contributed by atoms with E-state index in [9.17, 15) is 4.79 Å². The summed E-state index contributed by atoms with van der Waals surface area (Å²) in [6, 6.07) is 5.29. The zero-order chi connectivity index (χ0) is 12.3. The van der Waals surface area contributed by atoms with Crippen molar-refractivity contribution in [3.05, 3.63) is 48.0 Å². The smallest absolute Gasteiger partial charge is 0.260 e. The van der Waals surface area contributed by atoms with Crippen LogP contribution in [0.3, 0.4) is 0 Å². The normalized spacial score (nSPS) is 9.65. The van der Waals surface area contributed by atoms with Crippen LogP contribution in [0.1, 0.15) is 15.9 Å². The van der Waals surface area contributed by atoms with Crippen molar-refractivity contribution in [1.29, 1.82) is 5.26 Å². The third-order valence-electron chi connectivity index (χ3n) is 2.45. The summed E-state index contributed by atoms with van der Waals surface area (Å²) in [4.78, 5) is 20.4. The highest BCUT2D eigenvalue weighted by Crippen LogP contribution is 2.15. The Kier molecular flexibility index (Phi) is 2.88. The number of nitrogens with zero attached hydrogens (tertiary/aromatic N) is 3. The summed E-state index contributed by atoms with van der Waals surface area (Å²) in [5, 5.41) is 8.92. The van der Waals surface area contributed by atoms with Crippen LogP contribution in [0.2, 0.25) is 0 Å². The number of H-pyrrole nitrogens is 1. The van der Waals surface area contributed by atoms with Crippen LogP contribution in [0.15, 0.2) is 36.9 Å². The van der Waals surface area contributed by atoms with E-state index in [2.05, 4.69) is 9.97 Å². The van der Waals surface area contributed by atoms with Crippen molar-refractivity contribution in [3.8, 4) is 6.07 Å². The Morgan fingerprint density at radius 1 is 1.53 bits per heavy atom. The van der Waals surface area contributed by atoms with E-state index in [-0.39, 0.29) is 5.91 Å². The zero-order valence-corrected chi connectivity index (χ0v) is 9.21. The molecule has 5 heteroatoms. The van der Waals surface area contributed by atoms with E-state index < -0.39 is 0 Å². The number of hydrogen-bond donors (Lipinski definition) is 1. The molecule has 0 spiro atoms. The fourth-order valence-electron chi connectivity index (χ4n) is 1.48. The second kappa shape index (κ2) is 4.49. The minimum Gasteiger partial charge on any atom is -0.366 e. The van der Waals surface area contributed by atoms with Crippen LogP contribution in [0.5, 0.6) is 0 Å². The van der Waals surface area contributed by atoms with E-state index in [1.165, 1.54) is 23.4 Å². The van der Waals surface area contributed by atoms with E-state index in [0.29, 0.717) is 11.1 Å². The molecule has 0 aliphatic rings. The molecule has 1 amide bonds. The molecule has 17 heavy (non-hydrogen) atoms. The first-order chi connectivity index (χ1) is 8.24. The number of amides is 1. The first kappa shape index (κ1) is 10.9. The van der Waals surface area contributed by atoms with Crippen molar-refractivity contribution < 1.29 is 4.79 Å². The molecule has 0 bridgehead atoms. The second-order valence-electron chi connectivity index (χ2n) is 3.47. The Bertz CT molecular complexity index is 568. The monoisotopic (exact) mass is 226 g/mol. The molecule has 0 aliphatic heterocycles. The highest BCUT2D eigenvalue weighted by atomic mass is 16.2. The number of aromatic amines is 1. The summed E-state index contributed by atoms with van der Waals surface area (Å²) < 4.78 is 0. The van der Waals surface area contributed by atoms with Gasteiger partial charge in [0.2, 0.25) is 0 Å². The number of anilines is 1. The van der Waals surface area contributed by atoms with Crippen molar-refractivity contribution in [2.45, 2.75) is 0 Å². The number of nitriles is 1. The van der Waals surface area contributed by atoms with E-state index in [1.807, 2.05) is 6.07 Å². The van der Waals surface area contributed by atoms with Gasteiger partial charge in [-0.1, -0.05) is 0 Å². The third kappa shape index (κ3) is 2.01. The number of carbonyl (C=O) groups excluding carboxylic acids is 1. The molecule has 0 fully saturated rings. The van der Waals surface area contributed by atoms with E-state index in [1.54, 1.807) is 25.5 Å². The number of hydrogen-bond acceptors (Lipinski definition) is 3. The topological polar surface area (TPSA) is 72.8 Å². The molecule has 0 aliphatic carbocycles. The maximum atomic E-state index is 12.1. The van der Waals surface area contributed by atoms with E-state index in [4.69, 9.17) is 5.26 Å². The Morgan fingerprint density at radius 3 is 3.00 bits per heavy atom. The predicted molar refractivity (Wildman–Crippen MR) is 62.5 cm³/mol. The fraction of sp³-hybridized carbons (Fsp3) is 0.0833. The number of rotatable bonds is 2. The van der Waals surface area contributed by atoms with Gasteiger partial charge in [-0.25, -0.2) is 0 Å². The standard InChI is InChI=1S/C12H10N4O/c1-16(10-3-5-14-7-10)12(17)11-8-15-4-2-9(11)6-13/h2-5,7-8,14H,1H3. The van der Waals surface area contributed by atoms with Gasteiger partial charge in [-0.05, 0) is 12.1 Å². The van der Waals surface area contributed by atoms with Crippen LogP contribution >= 0.6 is 0 Å². The Balaban J connectivity index is 2.35. The largest absolute Gasteiger partial charge is 0.366 e. The highest BCUT2D eigenvalue weighted by molar-refractivity contribution is 6.06. The fourth-order valence-corrected chi connectivity index (χ4v) is 1.48. The molecule has 0 aromatic carbocycles. The summed E-state index contributed by atoms with van der Waals surface area (Å²) in [5.74, 6) is -0.255. The van der Waals surface area contributed by atoms with Crippen molar-refractivity contribution in [3.63, 3.8) is 0 Å². The molecule has 0 radical (unpaired) electrons. The molecule has 0 unspecified atom stereocenters. The molecule has 2 aromatic heterocycles. The van der Waals surface area contributed by atoms with Gasteiger partial charge in [0, 0.05) is 31.8 Å². The minimum absolute atomic E-state index is 0.255. The molecule has 2 aromatic rings. The van der Waals surface area contributed by atoms with Crippen LogP contribution in [-0.4, -0.2) is 22.9 Å². The van der Waals surface area contributed by atoms with Crippen molar-refractivity contribution in [1.82, 2.24) is 9.97 Å². The molecular formula is C12H10N4O. The second-order valence-corrected chi connectivity index (χ2v) is 3.47. The minimum atomic E-state index is -0.255. The third-order valence-corrected chi connectivity index (χ3v) is 2.45. The lowest BCUT2D eigenvalue weighted by Crippen LogP contribution is -2.26. The molecular weight excluding hydrogens is 216 g/mol. The lowest BCUT2D eigenvalue weighted by molar-refractivity contribution is 0.0992. The van der Waals surface area contributed by atoms with Gasteiger partial charge in [-0.2, -0.15) is 5.26 Å². The Hall–Kier alpha value is -2.61. The van der Waals surface area contributed by atoms with Crippen molar-refractivity contribution >= 4 is 11.6 Å². The molecule has 0 atom stereocenters. The zero-order valence-electron chi connectivity index (χ0n) is 9.21. The molecule has 1 N–H and O–H groups in total. The van der Waals surface area contributed by atoms with Crippen LogP contribution in [0.4, 0.5) is 5.69 Å². The number of nitrogens with one attached hydrogen (secondary N) is 1. The summed E-state index contributed by atoms with van der Waals surface area (Å²) >= 11 is 0. The van der Waals surface area contributed by atoms with E-state index in [0.717, 1.165) is 5.69 Å². The molecule has 5 nitrogen and oxygen atoms in total. The first-order valence-electron chi connectivity index (χ1n) is 4.99. The van der Waals surface area contributed by atoms with Gasteiger partial charge < -0.3 is 9.88 Å². The number of pyridine rings is 1. The Labute approximate surface area is 98.3 Å². The van der Waals surface area contributed by atoms with Gasteiger partial charge in [0.25, 0.3) is 5.91 Å². The average Bonchev–Trinajstić information content (AvgIpc) is 2.90. The maximum absolute atomic E-state index is 12.1. The van der Waals surface area contributed by atoms with Crippen molar-refractivity contribution in [2.75, 3.05) is 11.9 Å². The molecule has 84 valence electrons. The van der Waals surface area contributed by atoms with Gasteiger partial charge in [-0.15, -0.1) is 0 Å². The van der Waals surface area contributed by atoms with Crippen LogP contribution in [0.25, 0.3) is 0 Å². The van der Waals surface area contributed by atoms with Gasteiger partial charge in [0.1, 0.15) is 6.07 Å². The maximum Gasteiger partial charge on any atom is 0.260 e. The van der Waals surface area contributed by atoms with Gasteiger partial charge in [0.15, 0.2) is 0 Å². The molecule has 2 rings (SSSR count). The summed E-state index contributed by atoms with van der Waals surface area (Å²) in [5.41, 5.74) is 1.37. The molecule has 0 saturated heterocycles. The Morgan fingerprint density at radius 2 is 2.35 bits per heavy atom. The number of aromatic nitrogens is 2. The van der Waals surface area contributed by atoms with Gasteiger partial charge in [-0.3, -0.25) is 9.78 Å². The molecule has 0 saturated carbocycles. The lowest BCUT2D eigenvalue weighted by atomic mass is 10.1. The van der Waals surface area contributed by atoms with Crippen LogP contribution in [0, 0.1) is 11.3 Å². The molecule has 2 heterocycles. The quantitative estimate of drug-likeness (QED) is 0.844. The summed E-state index contributed by atoms with van der Waals surface area (Å²) in [7, 11) is 1.65. The average molecular weight is 226 g/mol. The van der Waals surface area contributed by atoms with Crippen LogP contribution in [-0.2, 0) is 0 Å². The van der Waals surface area contributed by atoms with Crippen molar-refractivity contribution in [2.24, 2.45) is 0 Å². The summed E-state index contributed by atoms with van der Waals surface area (Å²) in [6.07, 6.45) is 6.34. The SMILES string of the molecule is CN(C(=O)c1cnccc1C#N)c1cc[nH]c1. The van der Waals surface area contributed by atoms with Crippen LogP contribution < -0.4 is 4.90 Å². The van der Waals surface area contributed by atoms with Gasteiger partial charge >= 0.3 is 0 Å². The summed E-state index contributed by atoms with van der Waals surface area (Å²) in [6.45, 7) is 0. The highest BCUT2D eigenvalue weighted by Gasteiger charge is 2.17. The predicted octanol–water partition coefficient (Wildman–Crippen LogP) is 1.56. The van der Waals surface area contributed by atoms with Gasteiger partial charge in [0.05, 0.1) is 16.8 Å². The number of carbonyl (C=O) groups is 1.